The lowest BCUT2D eigenvalue weighted by atomic mass is 10.0. The lowest BCUT2D eigenvalue weighted by Crippen LogP contribution is -2.24. The van der Waals surface area contributed by atoms with E-state index in [9.17, 15) is 13.5 Å². The van der Waals surface area contributed by atoms with Gasteiger partial charge in [0.1, 0.15) is 11.5 Å². The summed E-state index contributed by atoms with van der Waals surface area (Å²) in [5.74, 6) is 0.964. The monoisotopic (exact) mass is 575 g/mol. The number of aromatic hydroxyl groups is 1. The van der Waals surface area contributed by atoms with Crippen molar-refractivity contribution in [2.75, 3.05) is 33.3 Å². The molecule has 2 aliphatic rings. The molecule has 14 heteroatoms. The van der Waals surface area contributed by atoms with Crippen LogP contribution in [0, 0.1) is 0 Å². The number of hydrogen-bond donors (Lipinski definition) is 4. The molecule has 0 aliphatic carbocycles. The summed E-state index contributed by atoms with van der Waals surface area (Å²) in [6, 6.07) is 10.2. The van der Waals surface area contributed by atoms with Crippen molar-refractivity contribution < 1.29 is 41.3 Å². The quantitative estimate of drug-likeness (QED) is 0.320. The van der Waals surface area contributed by atoms with Crippen LogP contribution in [0.2, 0.25) is 0 Å². The number of likely N-dealkylation sites (tertiary alicyclic amines) is 2. The number of ether oxygens (including phenoxy) is 1. The van der Waals surface area contributed by atoms with Gasteiger partial charge in [-0.15, -0.1) is 0 Å². The predicted molar refractivity (Wildman–Crippen MR) is 142 cm³/mol. The van der Waals surface area contributed by atoms with Crippen molar-refractivity contribution in [1.29, 1.82) is 0 Å². The van der Waals surface area contributed by atoms with E-state index in [1.54, 1.807) is 19.2 Å². The number of nitrogens with one attached hydrogen (secondary N) is 1. The minimum Gasteiger partial charge on any atom is -0.507 e. The highest BCUT2D eigenvalue weighted by Gasteiger charge is 2.20. The Labute approximate surface area is 224 Å². The molecule has 214 valence electrons. The van der Waals surface area contributed by atoms with Crippen molar-refractivity contribution in [1.82, 2.24) is 14.5 Å². The fourth-order valence-electron chi connectivity index (χ4n) is 4.56. The van der Waals surface area contributed by atoms with Gasteiger partial charge in [0.15, 0.2) is 0 Å². The van der Waals surface area contributed by atoms with Crippen LogP contribution in [0.5, 0.6) is 11.5 Å². The van der Waals surface area contributed by atoms with Crippen LogP contribution in [0.4, 0.5) is 0 Å². The van der Waals surface area contributed by atoms with Gasteiger partial charge in [0.2, 0.25) is 10.0 Å². The normalized spacial score (nSPS) is 16.5. The summed E-state index contributed by atoms with van der Waals surface area (Å²) in [5.41, 5.74) is 2.62. The van der Waals surface area contributed by atoms with Crippen LogP contribution in [0.3, 0.4) is 0 Å². The Morgan fingerprint density at radius 3 is 1.66 bits per heavy atom. The van der Waals surface area contributed by atoms with E-state index in [4.69, 9.17) is 22.3 Å². The molecule has 0 bridgehead atoms. The Morgan fingerprint density at radius 2 is 1.26 bits per heavy atom. The van der Waals surface area contributed by atoms with Gasteiger partial charge in [-0.1, -0.05) is 0 Å². The maximum atomic E-state index is 12.8. The van der Waals surface area contributed by atoms with Crippen LogP contribution < -0.4 is 9.46 Å². The Bertz CT molecular complexity index is 1190. The number of sulfonamides is 1. The molecular formula is C24H37N3O9S2. The molecule has 2 saturated heterocycles. The second-order valence-electron chi connectivity index (χ2n) is 9.18. The Kier molecular flexibility index (Phi) is 11.9. The Balaban J connectivity index is 0.000000774. The van der Waals surface area contributed by atoms with Crippen molar-refractivity contribution in [3.8, 4) is 11.5 Å². The predicted octanol–water partition coefficient (Wildman–Crippen LogP) is 1.59. The average molecular weight is 576 g/mol. The minimum atomic E-state index is -4.67. The molecule has 12 nitrogen and oxygen atoms in total. The number of methoxy groups -OCH3 is 1. The third-order valence-corrected chi connectivity index (χ3v) is 7.77. The highest BCUT2D eigenvalue weighted by atomic mass is 32.3. The zero-order valence-electron chi connectivity index (χ0n) is 21.3. The van der Waals surface area contributed by atoms with Gasteiger partial charge >= 0.3 is 10.4 Å². The number of benzene rings is 2. The molecule has 4 rings (SSSR count). The summed E-state index contributed by atoms with van der Waals surface area (Å²) in [7, 11) is -6.77. The fourth-order valence-corrected chi connectivity index (χ4v) is 5.57. The van der Waals surface area contributed by atoms with E-state index in [0.717, 1.165) is 42.9 Å². The third kappa shape index (κ3) is 10.1. The lowest BCUT2D eigenvalue weighted by molar-refractivity contribution is 0.312. The van der Waals surface area contributed by atoms with Crippen LogP contribution in [-0.2, 0) is 40.1 Å². The number of nitrogens with zero attached hydrogens (tertiary/aromatic N) is 2. The summed E-state index contributed by atoms with van der Waals surface area (Å²) >= 11 is 0. The van der Waals surface area contributed by atoms with E-state index in [0.29, 0.717) is 24.6 Å². The van der Waals surface area contributed by atoms with Crippen LogP contribution in [-0.4, -0.2) is 79.6 Å². The van der Waals surface area contributed by atoms with Crippen LogP contribution in [0.25, 0.3) is 0 Å². The van der Waals surface area contributed by atoms with E-state index in [1.807, 2.05) is 12.1 Å². The third-order valence-electron chi connectivity index (χ3n) is 6.35. The molecule has 0 radical (unpaired) electrons. The highest BCUT2D eigenvalue weighted by Crippen LogP contribution is 2.29. The molecule has 0 aromatic heterocycles. The summed E-state index contributed by atoms with van der Waals surface area (Å²) in [4.78, 5) is 4.90. The molecule has 2 aromatic rings. The summed E-state index contributed by atoms with van der Waals surface area (Å²) in [6.45, 7) is 5.71. The van der Waals surface area contributed by atoms with Gasteiger partial charge in [-0.3, -0.25) is 18.9 Å². The molecule has 6 N–H and O–H groups in total. The van der Waals surface area contributed by atoms with E-state index in [1.165, 1.54) is 37.8 Å². The molecule has 0 unspecified atom stereocenters. The van der Waals surface area contributed by atoms with Gasteiger partial charge < -0.3 is 15.3 Å². The van der Waals surface area contributed by atoms with Crippen LogP contribution in [0.15, 0.2) is 41.3 Å². The van der Waals surface area contributed by atoms with Gasteiger partial charge in [-0.05, 0) is 93.8 Å². The first kappa shape index (κ1) is 31.9. The Hall–Kier alpha value is -2.30. The first-order valence-corrected chi connectivity index (χ1v) is 14.9. The minimum absolute atomic E-state index is 0. The molecule has 0 saturated carbocycles. The number of rotatable bonds is 9. The summed E-state index contributed by atoms with van der Waals surface area (Å²) in [5, 5.41) is 11.0. The van der Waals surface area contributed by atoms with Crippen LogP contribution in [0.1, 0.15) is 42.4 Å². The number of phenols is 1. The maximum Gasteiger partial charge on any atom is 0.394 e. The largest absolute Gasteiger partial charge is 0.507 e. The zero-order chi connectivity index (χ0) is 27.1. The molecule has 2 fully saturated rings. The number of hydrogen-bond acceptors (Lipinski definition) is 8. The first-order valence-electron chi connectivity index (χ1n) is 12.1. The maximum absolute atomic E-state index is 12.8. The first-order chi connectivity index (χ1) is 17.4. The summed E-state index contributed by atoms with van der Waals surface area (Å²) in [6.07, 6.45) is 4.73. The standard InChI is InChI=1S/C24H33N3O4S.H2O4S.H2O/c1-31-22-6-8-23(9-7-22)32(29,30)25-16-19-14-20(17-26-10-2-3-11-26)24(28)21(15-19)18-27-12-4-5-13-27;1-5(2,3)4;/h6-9,14-15,25,28H,2-5,10-13,16-18H2,1H3;(H2,1,2,3,4);1H2. The lowest BCUT2D eigenvalue weighted by Gasteiger charge is -2.21. The van der Waals surface area contributed by atoms with Gasteiger partial charge in [-0.25, -0.2) is 13.1 Å². The second kappa shape index (κ2) is 14.2. The van der Waals surface area contributed by atoms with Crippen molar-refractivity contribution in [3.05, 3.63) is 53.1 Å². The van der Waals surface area contributed by atoms with Gasteiger partial charge in [-0.2, -0.15) is 8.42 Å². The van der Waals surface area contributed by atoms with E-state index in [2.05, 4.69) is 14.5 Å². The van der Waals surface area contributed by atoms with E-state index in [-0.39, 0.29) is 16.9 Å². The highest BCUT2D eigenvalue weighted by molar-refractivity contribution is 7.89. The van der Waals surface area contributed by atoms with Crippen molar-refractivity contribution in [3.63, 3.8) is 0 Å². The second-order valence-corrected chi connectivity index (χ2v) is 11.8. The fraction of sp³-hybridized carbons (Fsp3) is 0.500. The van der Waals surface area contributed by atoms with Crippen molar-refractivity contribution in [2.45, 2.75) is 50.2 Å². The molecule has 2 aliphatic heterocycles. The summed E-state index contributed by atoms with van der Waals surface area (Å²) < 4.78 is 65.0. The molecule has 0 spiro atoms. The van der Waals surface area contributed by atoms with E-state index >= 15 is 0 Å². The molecular weight excluding hydrogens is 538 g/mol. The zero-order valence-corrected chi connectivity index (χ0v) is 23.0. The van der Waals surface area contributed by atoms with Gasteiger partial charge in [0.25, 0.3) is 0 Å². The van der Waals surface area contributed by atoms with Gasteiger partial charge in [0, 0.05) is 30.8 Å². The molecule has 2 aromatic carbocycles. The average Bonchev–Trinajstić information content (AvgIpc) is 3.54. The molecule has 0 atom stereocenters. The topological polar surface area (TPSA) is 188 Å². The van der Waals surface area contributed by atoms with Crippen LogP contribution >= 0.6 is 0 Å². The smallest absolute Gasteiger partial charge is 0.394 e. The Morgan fingerprint density at radius 1 is 0.842 bits per heavy atom. The number of phenolic OH excluding ortho intramolecular Hbond substituents is 1. The van der Waals surface area contributed by atoms with Crippen molar-refractivity contribution in [2.24, 2.45) is 0 Å². The van der Waals surface area contributed by atoms with Crippen molar-refractivity contribution >= 4 is 20.4 Å². The van der Waals surface area contributed by atoms with E-state index < -0.39 is 20.4 Å². The molecule has 38 heavy (non-hydrogen) atoms. The molecule has 0 amide bonds. The molecule has 2 heterocycles. The SMILES string of the molecule is COc1ccc(S(=O)(=O)NCc2cc(CN3CCCC3)c(O)c(CN3CCCC3)c2)cc1.O.O=S(=O)(O)O. The van der Waals surface area contributed by atoms with Gasteiger partial charge in [0.05, 0.1) is 12.0 Å².